The predicted molar refractivity (Wildman–Crippen MR) is 81.4 cm³/mol. The number of methoxy groups -OCH3 is 1. The Bertz CT molecular complexity index is 422. The van der Waals surface area contributed by atoms with Crippen molar-refractivity contribution in [1.82, 2.24) is 5.32 Å². The number of carbonyl (C=O) groups excluding carboxylic acids is 1. The number of benzene rings is 1. The summed E-state index contributed by atoms with van der Waals surface area (Å²) in [5, 5.41) is 3.27. The molecule has 0 amide bonds. The van der Waals surface area contributed by atoms with E-state index in [4.69, 9.17) is 14.2 Å². The van der Waals surface area contributed by atoms with Crippen molar-refractivity contribution in [2.24, 2.45) is 0 Å². The van der Waals surface area contributed by atoms with Crippen LogP contribution in [0.5, 0.6) is 5.75 Å². The van der Waals surface area contributed by atoms with Crippen molar-refractivity contribution in [2.45, 2.75) is 32.9 Å². The van der Waals surface area contributed by atoms with E-state index >= 15 is 0 Å². The third-order valence-corrected chi connectivity index (χ3v) is 2.91. The van der Waals surface area contributed by atoms with Crippen LogP contribution in [0.25, 0.3) is 0 Å². The van der Waals surface area contributed by atoms with Crippen molar-refractivity contribution < 1.29 is 19.0 Å². The lowest BCUT2D eigenvalue weighted by atomic mass is 10.2. The SMILES string of the molecule is CCOC(=O)C(CC)Oc1cccc(CNCCOC)c1. The highest BCUT2D eigenvalue weighted by atomic mass is 16.6. The van der Waals surface area contributed by atoms with Crippen molar-refractivity contribution >= 4 is 5.97 Å². The third kappa shape index (κ3) is 6.60. The van der Waals surface area contributed by atoms with Gasteiger partial charge in [0.05, 0.1) is 13.2 Å². The molecule has 0 aliphatic carbocycles. The van der Waals surface area contributed by atoms with Gasteiger partial charge in [0.2, 0.25) is 0 Å². The molecule has 0 heterocycles. The zero-order chi connectivity index (χ0) is 15.5. The molecule has 0 bridgehead atoms. The summed E-state index contributed by atoms with van der Waals surface area (Å²) in [5.41, 5.74) is 1.10. The second kappa shape index (κ2) is 10.2. The molecule has 0 aliphatic rings. The summed E-state index contributed by atoms with van der Waals surface area (Å²) in [6, 6.07) is 7.71. The fourth-order valence-electron chi connectivity index (χ4n) is 1.83. The van der Waals surface area contributed by atoms with Crippen LogP contribution in [0, 0.1) is 0 Å². The van der Waals surface area contributed by atoms with Gasteiger partial charge in [-0.05, 0) is 31.0 Å². The Kier molecular flexibility index (Phi) is 8.47. The molecule has 1 rings (SSSR count). The lowest BCUT2D eigenvalue weighted by Crippen LogP contribution is -2.28. The monoisotopic (exact) mass is 295 g/mol. The second-order valence-electron chi connectivity index (χ2n) is 4.58. The molecule has 118 valence electrons. The van der Waals surface area contributed by atoms with E-state index < -0.39 is 6.10 Å². The Balaban J connectivity index is 2.56. The molecule has 1 aromatic carbocycles. The number of esters is 1. The van der Waals surface area contributed by atoms with Gasteiger partial charge in [0.1, 0.15) is 5.75 Å². The molecule has 1 unspecified atom stereocenters. The van der Waals surface area contributed by atoms with Gasteiger partial charge in [-0.2, -0.15) is 0 Å². The maximum Gasteiger partial charge on any atom is 0.347 e. The molecule has 5 nitrogen and oxygen atoms in total. The van der Waals surface area contributed by atoms with Gasteiger partial charge in [-0.25, -0.2) is 4.79 Å². The normalized spacial score (nSPS) is 12.0. The molecule has 0 aromatic heterocycles. The van der Waals surface area contributed by atoms with Gasteiger partial charge in [0.15, 0.2) is 6.10 Å². The van der Waals surface area contributed by atoms with Gasteiger partial charge >= 0.3 is 5.97 Å². The molecule has 0 fully saturated rings. The maximum atomic E-state index is 11.7. The topological polar surface area (TPSA) is 56.8 Å². The van der Waals surface area contributed by atoms with E-state index in [1.54, 1.807) is 14.0 Å². The summed E-state index contributed by atoms with van der Waals surface area (Å²) in [6.07, 6.45) is 0.0245. The summed E-state index contributed by atoms with van der Waals surface area (Å²) in [6.45, 7) is 6.26. The van der Waals surface area contributed by atoms with E-state index in [0.717, 1.165) is 18.7 Å². The highest BCUT2D eigenvalue weighted by Crippen LogP contribution is 2.16. The van der Waals surface area contributed by atoms with Crippen LogP contribution in [0.4, 0.5) is 0 Å². The average Bonchev–Trinajstić information content (AvgIpc) is 2.50. The standard InChI is InChI=1S/C16H25NO4/c1-4-15(16(18)20-5-2)21-14-8-6-7-13(11-14)12-17-9-10-19-3/h6-8,11,15,17H,4-5,9-10,12H2,1-3H3. The maximum absolute atomic E-state index is 11.7. The first-order valence-electron chi connectivity index (χ1n) is 7.33. The minimum absolute atomic E-state index is 0.316. The first-order valence-corrected chi connectivity index (χ1v) is 7.33. The van der Waals surface area contributed by atoms with Crippen molar-refractivity contribution in [1.29, 1.82) is 0 Å². The summed E-state index contributed by atoms with van der Waals surface area (Å²) in [7, 11) is 1.68. The Hall–Kier alpha value is -1.59. The highest BCUT2D eigenvalue weighted by molar-refractivity contribution is 5.75. The number of hydrogen-bond acceptors (Lipinski definition) is 5. The molecule has 21 heavy (non-hydrogen) atoms. The predicted octanol–water partition coefficient (Wildman–Crippen LogP) is 2.14. The lowest BCUT2D eigenvalue weighted by Gasteiger charge is -2.16. The number of nitrogens with one attached hydrogen (secondary N) is 1. The Morgan fingerprint density at radius 1 is 1.33 bits per heavy atom. The summed E-state index contributed by atoms with van der Waals surface area (Å²) >= 11 is 0. The Morgan fingerprint density at radius 2 is 2.14 bits per heavy atom. The van der Waals surface area contributed by atoms with E-state index in [0.29, 0.717) is 25.4 Å². The van der Waals surface area contributed by atoms with Gasteiger partial charge in [-0.3, -0.25) is 0 Å². The fourth-order valence-corrected chi connectivity index (χ4v) is 1.83. The van der Waals surface area contributed by atoms with Crippen LogP contribution in [-0.2, 0) is 20.8 Å². The lowest BCUT2D eigenvalue weighted by molar-refractivity contribution is -0.151. The van der Waals surface area contributed by atoms with E-state index in [1.807, 2.05) is 31.2 Å². The van der Waals surface area contributed by atoms with E-state index in [-0.39, 0.29) is 5.97 Å². The van der Waals surface area contributed by atoms with Crippen LogP contribution in [0.1, 0.15) is 25.8 Å². The molecule has 5 heteroatoms. The van der Waals surface area contributed by atoms with E-state index in [1.165, 1.54) is 0 Å². The first-order chi connectivity index (χ1) is 10.2. The van der Waals surface area contributed by atoms with E-state index in [9.17, 15) is 4.79 Å². The minimum atomic E-state index is -0.554. The molecular weight excluding hydrogens is 270 g/mol. The molecule has 0 aliphatic heterocycles. The first kappa shape index (κ1) is 17.5. The zero-order valence-corrected chi connectivity index (χ0v) is 13.1. The van der Waals surface area contributed by atoms with Crippen molar-refractivity contribution in [3.63, 3.8) is 0 Å². The van der Waals surface area contributed by atoms with Crippen LogP contribution < -0.4 is 10.1 Å². The van der Waals surface area contributed by atoms with Gasteiger partial charge in [0, 0.05) is 20.2 Å². The summed E-state index contributed by atoms with van der Waals surface area (Å²) < 4.78 is 15.7. The van der Waals surface area contributed by atoms with Crippen molar-refractivity contribution in [2.75, 3.05) is 26.9 Å². The number of ether oxygens (including phenoxy) is 3. The van der Waals surface area contributed by atoms with Gasteiger partial charge in [-0.1, -0.05) is 19.1 Å². The quantitative estimate of drug-likeness (QED) is 0.529. The molecule has 0 saturated carbocycles. The second-order valence-corrected chi connectivity index (χ2v) is 4.58. The van der Waals surface area contributed by atoms with Crippen molar-refractivity contribution in [3.05, 3.63) is 29.8 Å². The zero-order valence-electron chi connectivity index (χ0n) is 13.1. The molecule has 0 spiro atoms. The van der Waals surface area contributed by atoms with Crippen LogP contribution in [-0.4, -0.2) is 38.9 Å². The van der Waals surface area contributed by atoms with Crippen molar-refractivity contribution in [3.8, 4) is 5.75 Å². The molecule has 0 saturated heterocycles. The summed E-state index contributed by atoms with van der Waals surface area (Å²) in [5.74, 6) is 0.365. The Morgan fingerprint density at radius 3 is 2.81 bits per heavy atom. The summed E-state index contributed by atoms with van der Waals surface area (Å²) in [4.78, 5) is 11.7. The Labute approximate surface area is 126 Å². The molecular formula is C16H25NO4. The largest absolute Gasteiger partial charge is 0.479 e. The van der Waals surface area contributed by atoms with Crippen LogP contribution in [0.2, 0.25) is 0 Å². The fraction of sp³-hybridized carbons (Fsp3) is 0.562. The molecule has 1 aromatic rings. The molecule has 1 N–H and O–H groups in total. The highest BCUT2D eigenvalue weighted by Gasteiger charge is 2.19. The third-order valence-electron chi connectivity index (χ3n) is 2.91. The number of carbonyl (C=O) groups is 1. The molecule has 0 radical (unpaired) electrons. The van der Waals surface area contributed by atoms with Gasteiger partial charge in [0.25, 0.3) is 0 Å². The average molecular weight is 295 g/mol. The van der Waals surface area contributed by atoms with Crippen LogP contribution in [0.3, 0.4) is 0 Å². The molecule has 1 atom stereocenters. The minimum Gasteiger partial charge on any atom is -0.479 e. The van der Waals surface area contributed by atoms with Gasteiger partial charge < -0.3 is 19.5 Å². The van der Waals surface area contributed by atoms with Gasteiger partial charge in [-0.15, -0.1) is 0 Å². The smallest absolute Gasteiger partial charge is 0.347 e. The number of hydrogen-bond donors (Lipinski definition) is 1. The van der Waals surface area contributed by atoms with E-state index in [2.05, 4.69) is 5.32 Å². The van der Waals surface area contributed by atoms with Crippen LogP contribution >= 0.6 is 0 Å². The van der Waals surface area contributed by atoms with Crippen LogP contribution in [0.15, 0.2) is 24.3 Å². The number of rotatable bonds is 10.